The number of aliphatic hydroxyl groups is 9. The molecule has 3 aromatic heterocycles. The minimum atomic E-state index is -1.96. The lowest BCUT2D eigenvalue weighted by Gasteiger charge is -2.22. The molecule has 0 unspecified atom stereocenters. The number of nitrogens with one attached hydrogen (secondary N) is 3. The lowest BCUT2D eigenvalue weighted by atomic mass is 10.0. The fraction of sp³-hybridized carbons (Fsp3) is 0.500. The predicted octanol–water partition coefficient (Wildman–Crippen LogP) is -3.71. The number of aliphatic hydroxyl groups excluding tert-OH is 9. The first-order chi connectivity index (χ1) is 24.8. The molecule has 9 atom stereocenters. The van der Waals surface area contributed by atoms with Crippen LogP contribution in [0.3, 0.4) is 0 Å². The summed E-state index contributed by atoms with van der Waals surface area (Å²) in [6.07, 6.45) is -16.2. The third kappa shape index (κ3) is 10.5. The Hall–Kier alpha value is -4.68. The quantitative estimate of drug-likeness (QED) is 0.0559. The van der Waals surface area contributed by atoms with Gasteiger partial charge >= 0.3 is 5.97 Å². The van der Waals surface area contributed by atoms with Gasteiger partial charge in [-0.1, -0.05) is 0 Å². The van der Waals surface area contributed by atoms with Crippen LogP contribution < -0.4 is 21.7 Å². The second kappa shape index (κ2) is 18.4. The average molecular weight is 757 g/mol. The van der Waals surface area contributed by atoms with Crippen molar-refractivity contribution in [1.82, 2.24) is 16.0 Å². The van der Waals surface area contributed by atoms with E-state index in [1.165, 1.54) is 20.8 Å². The number of aliphatic carboxylic acids is 1. The van der Waals surface area contributed by atoms with Gasteiger partial charge in [0.25, 0.3) is 17.7 Å². The molecule has 0 saturated heterocycles. The molecule has 3 rings (SSSR count). The molecule has 0 saturated carbocycles. The van der Waals surface area contributed by atoms with Gasteiger partial charge in [0.05, 0.1) is 22.8 Å². The highest BCUT2D eigenvalue weighted by Gasteiger charge is 2.34. The maximum Gasteiger partial charge on any atom is 0.322 e. The van der Waals surface area contributed by atoms with Crippen molar-refractivity contribution in [2.45, 2.75) is 75.7 Å². The second-order valence-corrected chi connectivity index (χ2v) is 12.1. The van der Waals surface area contributed by atoms with Crippen LogP contribution in [0.5, 0.6) is 0 Å². The Kier molecular flexibility index (Phi) is 14.8. The van der Waals surface area contributed by atoms with E-state index in [9.17, 15) is 65.1 Å². The molecule has 21 heteroatoms. The number of hydrogen-bond acceptors (Lipinski definition) is 17. The van der Waals surface area contributed by atoms with Gasteiger partial charge in [0.15, 0.2) is 0 Å². The van der Waals surface area contributed by atoms with E-state index in [0.717, 1.165) is 18.2 Å². The summed E-state index contributed by atoms with van der Waals surface area (Å²) >= 11 is 0. The van der Waals surface area contributed by atoms with Crippen LogP contribution in [-0.2, 0) is 4.79 Å². The number of carboxylic acids is 1. The molecule has 21 nitrogen and oxygen atoms in total. The summed E-state index contributed by atoms with van der Waals surface area (Å²) in [5, 5.41) is 108. The summed E-state index contributed by atoms with van der Waals surface area (Å²) in [7, 11) is 0. The third-order valence-electron chi connectivity index (χ3n) is 8.16. The van der Waals surface area contributed by atoms with E-state index in [1.807, 2.05) is 0 Å². The van der Waals surface area contributed by atoms with Crippen LogP contribution in [0.2, 0.25) is 0 Å². The number of nitrogens with two attached hydrogens (primary N) is 1. The van der Waals surface area contributed by atoms with E-state index >= 15 is 0 Å². The number of carbonyl (C=O) groups is 4. The van der Waals surface area contributed by atoms with Crippen molar-refractivity contribution in [2.24, 2.45) is 5.73 Å². The zero-order valence-corrected chi connectivity index (χ0v) is 28.7. The van der Waals surface area contributed by atoms with Gasteiger partial charge in [0, 0.05) is 19.6 Å². The van der Waals surface area contributed by atoms with Crippen LogP contribution in [0, 0.1) is 20.8 Å². The normalized spacial score (nSPS) is 16.8. The molecule has 0 spiro atoms. The number of furan rings is 3. The lowest BCUT2D eigenvalue weighted by Crippen LogP contribution is -2.42. The van der Waals surface area contributed by atoms with Crippen molar-refractivity contribution >= 4 is 23.7 Å². The monoisotopic (exact) mass is 756 g/mol. The molecule has 0 radical (unpaired) electrons. The number of hydrogen-bond donors (Lipinski definition) is 14. The van der Waals surface area contributed by atoms with Crippen molar-refractivity contribution < 1.29 is 83.5 Å². The minimum absolute atomic E-state index is 0.00736. The van der Waals surface area contributed by atoms with Gasteiger partial charge in [-0.3, -0.25) is 19.2 Å². The minimum Gasteiger partial charge on any atom is -0.480 e. The predicted molar refractivity (Wildman–Crippen MR) is 175 cm³/mol. The molecule has 0 aliphatic heterocycles. The fourth-order valence-electron chi connectivity index (χ4n) is 4.98. The summed E-state index contributed by atoms with van der Waals surface area (Å²) in [4.78, 5) is 48.4. The fourth-order valence-corrected chi connectivity index (χ4v) is 4.98. The highest BCUT2D eigenvalue weighted by molar-refractivity contribution is 5.97. The van der Waals surface area contributed by atoms with Crippen molar-refractivity contribution in [2.75, 3.05) is 26.2 Å². The summed E-state index contributed by atoms with van der Waals surface area (Å²) in [6, 6.07) is 3.20. The summed E-state index contributed by atoms with van der Waals surface area (Å²) < 4.78 is 16.0. The van der Waals surface area contributed by atoms with Crippen LogP contribution in [0.4, 0.5) is 0 Å². The molecule has 0 bridgehead atoms. The molecule has 294 valence electrons. The maximum absolute atomic E-state index is 12.8. The summed E-state index contributed by atoms with van der Waals surface area (Å²) in [6.45, 7) is 1.79. The molecule has 0 aromatic carbocycles. The molecule has 3 amide bonds. The molecule has 3 heterocycles. The van der Waals surface area contributed by atoms with Gasteiger partial charge in [-0.15, -0.1) is 0 Å². The first-order valence-corrected chi connectivity index (χ1v) is 16.0. The van der Waals surface area contributed by atoms with E-state index in [4.69, 9.17) is 24.1 Å². The standard InChI is InChI=1S/C32H44N4O17/c1-11-14(4-20(51-11)27(45)24(42)17(37)7-33)30(48)34-8-18(38)25(43)28(46)21-5-15(12(2)52-21)31(49)35-9-19(39)26(44)29(47)22-6-16(13(3)53-22)32(50)36-10-23(40)41/h4-6,17-19,24-29,37-39,42-47H,7-10,33H2,1-3H3,(H,34,48)(H,35,49)(H,36,50)(H,40,41)/t17-,18-,19-,24-,25-,26-,27-,28-,29-/m1/s1. The Labute approximate surface area is 300 Å². The van der Waals surface area contributed by atoms with Crippen molar-refractivity contribution in [1.29, 1.82) is 0 Å². The molecule has 0 aliphatic rings. The Balaban J connectivity index is 1.56. The SMILES string of the molecule is Cc1oc([C@@H](O)[C@H](O)[C@H](O)CN)cc1C(=O)NC[C@@H](O)[C@@H](O)[C@H](O)c1cc(C(=O)NC[C@@H](O)[C@@H](O)[C@H](O)c2cc(C(=O)NCC(=O)O)c(C)o2)c(C)o1. The van der Waals surface area contributed by atoms with Crippen LogP contribution in [0.25, 0.3) is 0 Å². The summed E-state index contributed by atoms with van der Waals surface area (Å²) in [5.74, 6) is -4.79. The highest BCUT2D eigenvalue weighted by Crippen LogP contribution is 2.27. The van der Waals surface area contributed by atoms with Gasteiger partial charge in [0.1, 0.15) is 89.9 Å². The van der Waals surface area contributed by atoms with Gasteiger partial charge in [0.2, 0.25) is 0 Å². The molecular formula is C32H44N4O17. The van der Waals surface area contributed by atoms with Crippen molar-refractivity contribution in [3.8, 4) is 0 Å². The first-order valence-electron chi connectivity index (χ1n) is 16.0. The zero-order chi connectivity index (χ0) is 39.9. The highest BCUT2D eigenvalue weighted by atomic mass is 16.4. The number of rotatable bonds is 19. The summed E-state index contributed by atoms with van der Waals surface area (Å²) in [5.41, 5.74) is 4.87. The first kappa shape index (κ1) is 42.7. The maximum atomic E-state index is 12.8. The number of carbonyl (C=O) groups excluding carboxylic acids is 3. The Morgan fingerprint density at radius 3 is 1.17 bits per heavy atom. The van der Waals surface area contributed by atoms with Crippen LogP contribution >= 0.6 is 0 Å². The number of carboxylic acid groups (broad SMARTS) is 1. The van der Waals surface area contributed by atoms with Crippen molar-refractivity contribution in [3.63, 3.8) is 0 Å². The van der Waals surface area contributed by atoms with Crippen LogP contribution in [0.15, 0.2) is 31.5 Å². The van der Waals surface area contributed by atoms with E-state index in [2.05, 4.69) is 16.0 Å². The Morgan fingerprint density at radius 1 is 0.566 bits per heavy atom. The van der Waals surface area contributed by atoms with Gasteiger partial charge in [-0.2, -0.15) is 0 Å². The molecule has 53 heavy (non-hydrogen) atoms. The Bertz CT molecular complexity index is 1730. The van der Waals surface area contributed by atoms with Crippen LogP contribution in [-0.4, -0.2) is 138 Å². The van der Waals surface area contributed by atoms with Crippen LogP contribution in [0.1, 0.15) is 83.9 Å². The smallest absolute Gasteiger partial charge is 0.322 e. The topological polar surface area (TPSA) is 372 Å². The average Bonchev–Trinajstić information content (AvgIpc) is 3.84. The van der Waals surface area contributed by atoms with E-state index in [-0.39, 0.29) is 57.8 Å². The molecule has 0 fully saturated rings. The molecular weight excluding hydrogens is 712 g/mol. The lowest BCUT2D eigenvalue weighted by molar-refractivity contribution is -0.135. The second-order valence-electron chi connectivity index (χ2n) is 12.1. The molecule has 0 aliphatic carbocycles. The Morgan fingerprint density at radius 2 is 0.868 bits per heavy atom. The van der Waals surface area contributed by atoms with E-state index < -0.39 is 98.3 Å². The number of aryl methyl sites for hydroxylation is 3. The van der Waals surface area contributed by atoms with Gasteiger partial charge in [-0.05, 0) is 39.0 Å². The van der Waals surface area contributed by atoms with Gasteiger partial charge < -0.3 is 86.0 Å². The van der Waals surface area contributed by atoms with Gasteiger partial charge in [-0.25, -0.2) is 0 Å². The largest absolute Gasteiger partial charge is 0.480 e. The third-order valence-corrected chi connectivity index (χ3v) is 8.16. The van der Waals surface area contributed by atoms with E-state index in [1.54, 1.807) is 0 Å². The zero-order valence-electron chi connectivity index (χ0n) is 28.7. The van der Waals surface area contributed by atoms with Crippen molar-refractivity contribution in [3.05, 3.63) is 69.5 Å². The van der Waals surface area contributed by atoms with E-state index in [0.29, 0.717) is 0 Å². The molecule has 3 aromatic rings. The molecule has 15 N–H and O–H groups in total. The number of amides is 3.